The summed E-state index contributed by atoms with van der Waals surface area (Å²) in [6.45, 7) is 5.32. The highest BCUT2D eigenvalue weighted by Crippen LogP contribution is 2.15. The van der Waals surface area contributed by atoms with Gasteiger partial charge in [0.2, 0.25) is 0 Å². The molecule has 2 aromatic rings. The van der Waals surface area contributed by atoms with Crippen LogP contribution in [0.4, 0.5) is 0 Å². The number of aliphatic carboxylic acids is 1. The maximum Gasteiger partial charge on any atom is 0.330 e. The quantitative estimate of drug-likeness (QED) is 0.695. The second kappa shape index (κ2) is 10.3. The van der Waals surface area contributed by atoms with Gasteiger partial charge in [-0.3, -0.25) is 9.59 Å². The van der Waals surface area contributed by atoms with E-state index in [1.807, 2.05) is 13.8 Å². The topological polar surface area (TPSA) is 86.7 Å². The van der Waals surface area contributed by atoms with Crippen molar-refractivity contribution in [1.82, 2.24) is 10.2 Å². The van der Waals surface area contributed by atoms with E-state index in [-0.39, 0.29) is 11.5 Å². The van der Waals surface area contributed by atoms with Crippen LogP contribution in [0.15, 0.2) is 54.6 Å². The Morgan fingerprint density at radius 2 is 1.54 bits per heavy atom. The first kappa shape index (κ1) is 21.2. The van der Waals surface area contributed by atoms with Crippen molar-refractivity contribution in [3.05, 3.63) is 71.3 Å². The Morgan fingerprint density at radius 1 is 0.929 bits per heavy atom. The second-order valence-corrected chi connectivity index (χ2v) is 6.53. The first-order chi connectivity index (χ1) is 13.5. The molecular weight excluding hydrogens is 356 g/mol. The highest BCUT2D eigenvalue weighted by atomic mass is 16.4. The number of hydrogen-bond donors (Lipinski definition) is 2. The van der Waals surface area contributed by atoms with Crippen molar-refractivity contribution in [2.75, 3.05) is 13.1 Å². The molecule has 0 saturated heterocycles. The third-order valence-electron chi connectivity index (χ3n) is 4.30. The fourth-order valence-electron chi connectivity index (χ4n) is 2.98. The third-order valence-corrected chi connectivity index (χ3v) is 4.30. The maximum absolute atomic E-state index is 12.8. The summed E-state index contributed by atoms with van der Waals surface area (Å²) in [6, 6.07) is 13.7. The molecule has 0 radical (unpaired) electrons. The van der Waals surface area contributed by atoms with Crippen LogP contribution >= 0.6 is 0 Å². The number of amides is 2. The van der Waals surface area contributed by atoms with E-state index in [2.05, 4.69) is 5.32 Å². The molecule has 1 atom stereocenters. The van der Waals surface area contributed by atoms with E-state index in [0.29, 0.717) is 24.2 Å². The van der Waals surface area contributed by atoms with Gasteiger partial charge in [0.05, 0.1) is 0 Å². The van der Waals surface area contributed by atoms with E-state index in [1.54, 1.807) is 53.4 Å². The Balaban J connectivity index is 2.21. The average Bonchev–Trinajstić information content (AvgIpc) is 2.71. The lowest BCUT2D eigenvalue weighted by atomic mass is 10.1. The van der Waals surface area contributed by atoms with Gasteiger partial charge >= 0.3 is 5.97 Å². The van der Waals surface area contributed by atoms with Crippen molar-refractivity contribution in [3.8, 4) is 0 Å². The fourth-order valence-corrected chi connectivity index (χ4v) is 2.98. The molecule has 0 aromatic heterocycles. The van der Waals surface area contributed by atoms with Gasteiger partial charge in [-0.25, -0.2) is 4.79 Å². The Bertz CT molecular complexity index is 814. The highest BCUT2D eigenvalue weighted by molar-refractivity contribution is 6.00. The average molecular weight is 382 g/mol. The molecule has 2 N–H and O–H groups in total. The van der Waals surface area contributed by atoms with Crippen molar-refractivity contribution in [1.29, 1.82) is 0 Å². The molecule has 0 heterocycles. The Kier molecular flexibility index (Phi) is 7.75. The van der Waals surface area contributed by atoms with Crippen molar-refractivity contribution in [3.63, 3.8) is 0 Å². The summed E-state index contributed by atoms with van der Waals surface area (Å²) in [5.41, 5.74) is 1.15. The summed E-state index contributed by atoms with van der Waals surface area (Å²) in [5.74, 6) is -1.82. The number of hydrogen-bond acceptors (Lipinski definition) is 3. The number of carbonyl (C=O) groups is 3. The zero-order valence-electron chi connectivity index (χ0n) is 16.2. The highest BCUT2D eigenvalue weighted by Gasteiger charge is 2.23. The van der Waals surface area contributed by atoms with E-state index in [0.717, 1.165) is 12.8 Å². The molecule has 0 aliphatic heterocycles. The largest absolute Gasteiger partial charge is 0.479 e. The second-order valence-electron chi connectivity index (χ2n) is 6.53. The smallest absolute Gasteiger partial charge is 0.330 e. The van der Waals surface area contributed by atoms with Crippen LogP contribution in [0.2, 0.25) is 0 Å². The van der Waals surface area contributed by atoms with Gasteiger partial charge in [-0.15, -0.1) is 0 Å². The van der Waals surface area contributed by atoms with Gasteiger partial charge in [0.15, 0.2) is 6.04 Å². The van der Waals surface area contributed by atoms with Gasteiger partial charge in [0.25, 0.3) is 11.8 Å². The number of benzene rings is 2. The van der Waals surface area contributed by atoms with Crippen molar-refractivity contribution in [2.45, 2.75) is 32.7 Å². The van der Waals surface area contributed by atoms with Crippen LogP contribution in [0.25, 0.3) is 0 Å². The Morgan fingerprint density at radius 3 is 2.11 bits per heavy atom. The summed E-state index contributed by atoms with van der Waals surface area (Å²) in [4.78, 5) is 38.7. The van der Waals surface area contributed by atoms with Gasteiger partial charge in [-0.1, -0.05) is 50.2 Å². The van der Waals surface area contributed by atoms with E-state index in [4.69, 9.17) is 0 Å². The predicted molar refractivity (Wildman–Crippen MR) is 107 cm³/mol. The normalized spacial score (nSPS) is 11.5. The molecule has 0 aliphatic rings. The minimum atomic E-state index is -1.16. The molecule has 0 aliphatic carbocycles. The third kappa shape index (κ3) is 5.42. The molecule has 2 amide bonds. The summed E-state index contributed by atoms with van der Waals surface area (Å²) in [5, 5.41) is 12.0. The van der Waals surface area contributed by atoms with E-state index in [9.17, 15) is 19.5 Å². The Hall–Kier alpha value is -3.15. The van der Waals surface area contributed by atoms with Crippen LogP contribution in [-0.2, 0) is 4.79 Å². The minimum Gasteiger partial charge on any atom is -0.479 e. The summed E-state index contributed by atoms with van der Waals surface area (Å²) < 4.78 is 0. The monoisotopic (exact) mass is 382 g/mol. The van der Waals surface area contributed by atoms with Crippen molar-refractivity contribution >= 4 is 17.8 Å². The van der Waals surface area contributed by atoms with E-state index < -0.39 is 17.9 Å². The van der Waals surface area contributed by atoms with E-state index >= 15 is 0 Å². The number of carboxylic acids is 1. The first-order valence-corrected chi connectivity index (χ1v) is 9.45. The van der Waals surface area contributed by atoms with Crippen LogP contribution in [0.1, 0.15) is 59.0 Å². The van der Waals surface area contributed by atoms with Gasteiger partial charge in [-0.05, 0) is 36.6 Å². The zero-order chi connectivity index (χ0) is 20.5. The van der Waals surface area contributed by atoms with Crippen molar-refractivity contribution < 1.29 is 19.5 Å². The van der Waals surface area contributed by atoms with Gasteiger partial charge in [0.1, 0.15) is 0 Å². The fraction of sp³-hybridized carbons (Fsp3) is 0.318. The minimum absolute atomic E-state index is 0.129. The first-order valence-electron chi connectivity index (χ1n) is 9.45. The molecule has 6 heteroatoms. The Labute approximate surface area is 165 Å². The summed E-state index contributed by atoms with van der Waals surface area (Å²) in [7, 11) is 0. The zero-order valence-corrected chi connectivity index (χ0v) is 16.2. The molecule has 2 rings (SSSR count). The number of nitrogens with one attached hydrogen (secondary N) is 1. The van der Waals surface area contributed by atoms with Crippen LogP contribution in [0, 0.1) is 0 Å². The molecule has 0 fully saturated rings. The van der Waals surface area contributed by atoms with Gasteiger partial charge in [-0.2, -0.15) is 0 Å². The van der Waals surface area contributed by atoms with Gasteiger partial charge < -0.3 is 15.3 Å². The maximum atomic E-state index is 12.8. The lowest BCUT2D eigenvalue weighted by Crippen LogP contribution is -2.34. The lowest BCUT2D eigenvalue weighted by molar-refractivity contribution is -0.139. The van der Waals surface area contributed by atoms with E-state index in [1.165, 1.54) is 6.07 Å². The standard InChI is InChI=1S/C22H26N2O4/c1-3-13-24(14-4-2)21(26)18-12-8-11-17(15-18)20(25)23-19(22(27)28)16-9-6-5-7-10-16/h5-12,15,19H,3-4,13-14H2,1-2H3,(H,23,25)(H,27,28)/t19-/m0/s1. The molecule has 28 heavy (non-hydrogen) atoms. The van der Waals surface area contributed by atoms with Crippen LogP contribution in [0.5, 0.6) is 0 Å². The molecule has 0 saturated carbocycles. The number of carboxylic acid groups (broad SMARTS) is 1. The van der Waals surface area contributed by atoms with Crippen LogP contribution in [-0.4, -0.2) is 40.9 Å². The molecular formula is C22H26N2O4. The predicted octanol–water partition coefficient (Wildman–Crippen LogP) is 3.50. The number of rotatable bonds is 9. The lowest BCUT2D eigenvalue weighted by Gasteiger charge is -2.22. The molecule has 2 aromatic carbocycles. The number of nitrogens with zero attached hydrogens (tertiary/aromatic N) is 1. The SMILES string of the molecule is CCCN(CCC)C(=O)c1cccc(C(=O)N[C@H](C(=O)O)c2ccccc2)c1. The number of carbonyl (C=O) groups excluding carboxylic acids is 2. The summed E-state index contributed by atoms with van der Waals surface area (Å²) >= 11 is 0. The molecule has 0 bridgehead atoms. The van der Waals surface area contributed by atoms with Crippen molar-refractivity contribution in [2.24, 2.45) is 0 Å². The molecule has 148 valence electrons. The van der Waals surface area contributed by atoms with Gasteiger partial charge in [0, 0.05) is 24.2 Å². The van der Waals surface area contributed by atoms with Crippen LogP contribution in [0.3, 0.4) is 0 Å². The summed E-state index contributed by atoms with van der Waals surface area (Å²) in [6.07, 6.45) is 1.70. The molecule has 0 unspecified atom stereocenters. The molecule has 6 nitrogen and oxygen atoms in total. The molecule has 0 spiro atoms. The van der Waals surface area contributed by atoms with Crippen LogP contribution < -0.4 is 5.32 Å².